The van der Waals surface area contributed by atoms with Gasteiger partial charge in [-0.1, -0.05) is 18.6 Å². The summed E-state index contributed by atoms with van der Waals surface area (Å²) in [6.45, 7) is 7.06. The third-order valence-corrected chi connectivity index (χ3v) is 7.56. The predicted molar refractivity (Wildman–Crippen MR) is 136 cm³/mol. The van der Waals surface area contributed by atoms with E-state index in [1.54, 1.807) is 6.92 Å². The lowest BCUT2D eigenvalue weighted by Crippen LogP contribution is -2.48. The summed E-state index contributed by atoms with van der Waals surface area (Å²) in [5.74, 6) is 0.786. The number of hydrogen-bond donors (Lipinski definition) is 0. The number of para-hydroxylation sites is 1. The maximum atomic E-state index is 13.5. The molecule has 1 saturated heterocycles. The number of hydrogen-bond acceptors (Lipinski definition) is 5. The Kier molecular flexibility index (Phi) is 8.39. The Morgan fingerprint density at radius 2 is 1.74 bits per heavy atom. The van der Waals surface area contributed by atoms with Gasteiger partial charge in [0.15, 0.2) is 0 Å². The molecular weight excluding hydrogens is 440 g/mol. The molecule has 2 aromatic rings. The summed E-state index contributed by atoms with van der Waals surface area (Å²) >= 11 is 0. The molecule has 1 aromatic heterocycles. The van der Waals surface area contributed by atoms with E-state index >= 15 is 0 Å². The lowest BCUT2D eigenvalue weighted by atomic mass is 9.74. The van der Waals surface area contributed by atoms with Gasteiger partial charge in [-0.3, -0.25) is 19.5 Å². The molecule has 0 unspecified atom stereocenters. The summed E-state index contributed by atoms with van der Waals surface area (Å²) < 4.78 is 6.15. The molecule has 7 nitrogen and oxygen atoms in total. The van der Waals surface area contributed by atoms with Crippen LogP contribution in [0.1, 0.15) is 54.9 Å². The topological polar surface area (TPSA) is 66.0 Å². The van der Waals surface area contributed by atoms with Crippen molar-refractivity contribution >= 4 is 11.8 Å². The van der Waals surface area contributed by atoms with Crippen LogP contribution in [0.4, 0.5) is 0 Å². The number of benzene rings is 1. The van der Waals surface area contributed by atoms with Crippen molar-refractivity contribution in [3.05, 3.63) is 59.9 Å². The van der Waals surface area contributed by atoms with Crippen molar-refractivity contribution in [3.8, 4) is 5.75 Å². The first kappa shape index (κ1) is 25.2. The first-order valence-corrected chi connectivity index (χ1v) is 12.8. The van der Waals surface area contributed by atoms with Crippen LogP contribution in [0.25, 0.3) is 0 Å². The minimum Gasteiger partial charge on any atom is -0.491 e. The van der Waals surface area contributed by atoms with Gasteiger partial charge in [0.1, 0.15) is 12.4 Å². The number of pyridine rings is 1. The maximum absolute atomic E-state index is 13.5. The normalized spacial score (nSPS) is 20.1. The van der Waals surface area contributed by atoms with E-state index < -0.39 is 0 Å². The highest BCUT2D eigenvalue weighted by molar-refractivity contribution is 5.96. The van der Waals surface area contributed by atoms with Gasteiger partial charge in [0.25, 0.3) is 5.91 Å². The number of piperidine rings is 1. The monoisotopic (exact) mass is 478 g/mol. The minimum absolute atomic E-state index is 0.000302. The Hall–Kier alpha value is -2.93. The molecule has 7 heteroatoms. The lowest BCUT2D eigenvalue weighted by Gasteiger charge is -2.44. The highest BCUT2D eigenvalue weighted by Gasteiger charge is 2.37. The number of aromatic nitrogens is 1. The van der Waals surface area contributed by atoms with Crippen LogP contribution >= 0.6 is 0 Å². The zero-order chi connectivity index (χ0) is 24.7. The fraction of sp³-hybridized carbons (Fsp3) is 0.536. The number of amides is 2. The Labute approximate surface area is 209 Å². The summed E-state index contributed by atoms with van der Waals surface area (Å²) in [6.07, 6.45) is 8.81. The van der Waals surface area contributed by atoms with Crippen LogP contribution in [0.3, 0.4) is 0 Å². The number of nitrogens with zero attached hydrogens (tertiary/aromatic N) is 4. The van der Waals surface area contributed by atoms with E-state index in [-0.39, 0.29) is 17.2 Å². The highest BCUT2D eigenvalue weighted by Crippen LogP contribution is 2.38. The molecule has 0 aliphatic carbocycles. The molecule has 2 aliphatic rings. The van der Waals surface area contributed by atoms with Crippen LogP contribution in [-0.4, -0.2) is 77.9 Å². The van der Waals surface area contributed by atoms with Gasteiger partial charge in [-0.2, -0.15) is 0 Å². The third-order valence-electron chi connectivity index (χ3n) is 7.56. The number of likely N-dealkylation sites (tertiary alicyclic amines) is 1. The molecule has 1 aromatic carbocycles. The summed E-state index contributed by atoms with van der Waals surface area (Å²) in [7, 11) is 1.90. The second-order valence-corrected chi connectivity index (χ2v) is 10.1. The molecule has 35 heavy (non-hydrogen) atoms. The van der Waals surface area contributed by atoms with Crippen LogP contribution < -0.4 is 4.74 Å². The van der Waals surface area contributed by atoms with Crippen LogP contribution in [0.5, 0.6) is 5.75 Å². The molecule has 0 radical (unpaired) electrons. The van der Waals surface area contributed by atoms with Crippen molar-refractivity contribution in [2.75, 3.05) is 46.4 Å². The van der Waals surface area contributed by atoms with Crippen LogP contribution in [0.2, 0.25) is 0 Å². The third kappa shape index (κ3) is 6.60. The van der Waals surface area contributed by atoms with E-state index in [0.717, 1.165) is 64.8 Å². The molecular formula is C28H38N4O3. The molecule has 0 N–H and O–H groups in total. The average Bonchev–Trinajstić information content (AvgIpc) is 2.87. The van der Waals surface area contributed by atoms with Crippen molar-refractivity contribution in [1.29, 1.82) is 0 Å². The minimum atomic E-state index is -0.000302. The van der Waals surface area contributed by atoms with E-state index in [0.29, 0.717) is 24.5 Å². The van der Waals surface area contributed by atoms with Gasteiger partial charge in [0.05, 0.1) is 5.56 Å². The van der Waals surface area contributed by atoms with Gasteiger partial charge in [-0.25, -0.2) is 0 Å². The SMILES string of the molecule is CC(=O)N1CCC2(CCCCN(Cc3ccncc3)CCOc3ccccc3C(=O)N(C)C2)CC1. The molecule has 0 saturated carbocycles. The van der Waals surface area contributed by atoms with Crippen molar-refractivity contribution < 1.29 is 14.3 Å². The van der Waals surface area contributed by atoms with Crippen LogP contribution in [0, 0.1) is 5.41 Å². The molecule has 0 atom stereocenters. The van der Waals surface area contributed by atoms with Gasteiger partial charge in [-0.05, 0) is 67.5 Å². The summed E-state index contributed by atoms with van der Waals surface area (Å²) in [4.78, 5) is 35.8. The zero-order valence-electron chi connectivity index (χ0n) is 21.1. The molecule has 4 rings (SSSR count). The summed E-state index contributed by atoms with van der Waals surface area (Å²) in [5.41, 5.74) is 1.89. The Bertz CT molecular complexity index is 989. The second kappa shape index (κ2) is 11.7. The van der Waals surface area contributed by atoms with Crippen LogP contribution in [0.15, 0.2) is 48.8 Å². The molecule has 188 valence electrons. The molecule has 0 bridgehead atoms. The standard InChI is InChI=1S/C28H38N4O3/c1-23(33)32-17-12-28(13-18-32)11-5-6-16-31(21-24-9-14-29-15-10-24)19-20-35-26-8-4-3-7-25(26)27(34)30(2)22-28/h3-4,7-10,14-15H,5-6,11-13,16-22H2,1-2H3. The van der Waals surface area contributed by atoms with Gasteiger partial charge in [-0.15, -0.1) is 0 Å². The highest BCUT2D eigenvalue weighted by atomic mass is 16.5. The lowest BCUT2D eigenvalue weighted by molar-refractivity contribution is -0.131. The predicted octanol–water partition coefficient (Wildman–Crippen LogP) is 3.85. The van der Waals surface area contributed by atoms with Crippen molar-refractivity contribution in [2.24, 2.45) is 5.41 Å². The number of fused-ring (bicyclic) bond motifs is 1. The largest absolute Gasteiger partial charge is 0.491 e. The van der Waals surface area contributed by atoms with Crippen LogP contribution in [-0.2, 0) is 11.3 Å². The van der Waals surface area contributed by atoms with Gasteiger partial charge in [0.2, 0.25) is 5.91 Å². The van der Waals surface area contributed by atoms with E-state index in [9.17, 15) is 9.59 Å². The van der Waals surface area contributed by atoms with E-state index in [1.807, 2.05) is 53.5 Å². The van der Waals surface area contributed by atoms with E-state index in [1.165, 1.54) is 5.56 Å². The number of ether oxygens (including phenoxy) is 1. The molecule has 1 spiro atoms. The number of carbonyl (C=O) groups is 2. The van der Waals surface area contributed by atoms with Gasteiger partial charge >= 0.3 is 0 Å². The van der Waals surface area contributed by atoms with Gasteiger partial charge < -0.3 is 14.5 Å². The van der Waals surface area contributed by atoms with Gasteiger partial charge in [0, 0.05) is 59.1 Å². The first-order chi connectivity index (χ1) is 17.0. The first-order valence-electron chi connectivity index (χ1n) is 12.8. The maximum Gasteiger partial charge on any atom is 0.257 e. The quantitative estimate of drug-likeness (QED) is 0.656. The molecule has 2 aliphatic heterocycles. The van der Waals surface area contributed by atoms with Crippen molar-refractivity contribution in [3.63, 3.8) is 0 Å². The van der Waals surface area contributed by atoms with E-state index in [4.69, 9.17) is 4.74 Å². The summed E-state index contributed by atoms with van der Waals surface area (Å²) in [5, 5.41) is 0. The fourth-order valence-electron chi connectivity index (χ4n) is 5.47. The molecule has 1 fully saturated rings. The summed E-state index contributed by atoms with van der Waals surface area (Å²) in [6, 6.07) is 11.7. The smallest absolute Gasteiger partial charge is 0.257 e. The number of rotatable bonds is 2. The fourth-order valence-corrected chi connectivity index (χ4v) is 5.47. The van der Waals surface area contributed by atoms with Crippen molar-refractivity contribution in [2.45, 2.75) is 45.6 Å². The van der Waals surface area contributed by atoms with Crippen molar-refractivity contribution in [1.82, 2.24) is 19.7 Å². The average molecular weight is 479 g/mol. The second-order valence-electron chi connectivity index (χ2n) is 10.1. The number of carbonyl (C=O) groups excluding carboxylic acids is 2. The van der Waals surface area contributed by atoms with E-state index in [2.05, 4.69) is 22.0 Å². The Balaban J connectivity index is 1.54. The molecule has 2 amide bonds. The Morgan fingerprint density at radius 1 is 1.00 bits per heavy atom. The Morgan fingerprint density at radius 3 is 2.49 bits per heavy atom. The zero-order valence-corrected chi connectivity index (χ0v) is 21.1. The molecule has 3 heterocycles.